The summed E-state index contributed by atoms with van der Waals surface area (Å²) in [6, 6.07) is 0. The molecule has 0 radical (unpaired) electrons. The van der Waals surface area contributed by atoms with Crippen molar-refractivity contribution < 1.29 is 24.8 Å². The molecule has 1 fully saturated rings. The lowest BCUT2D eigenvalue weighted by Crippen LogP contribution is -2.58. The monoisotopic (exact) mass is 238 g/mol. The number of hydrogen-bond donors (Lipinski definition) is 4. The lowest BCUT2D eigenvalue weighted by atomic mass is 10.00. The van der Waals surface area contributed by atoms with E-state index >= 15 is 0 Å². The van der Waals surface area contributed by atoms with E-state index < -0.39 is 30.7 Å². The summed E-state index contributed by atoms with van der Waals surface area (Å²) >= 11 is 3.99. The van der Waals surface area contributed by atoms with Crippen LogP contribution < -0.4 is 0 Å². The summed E-state index contributed by atoms with van der Waals surface area (Å²) in [5.41, 5.74) is 0. The Kier molecular flexibility index (Phi) is 5.31. The first-order chi connectivity index (χ1) is 7.11. The Morgan fingerprint density at radius 2 is 1.87 bits per heavy atom. The number of rotatable bonds is 4. The number of ether oxygens (including phenoxy) is 2. The van der Waals surface area contributed by atoms with E-state index in [-0.39, 0.29) is 5.75 Å². The maximum atomic E-state index is 9.56. The van der Waals surface area contributed by atoms with E-state index in [2.05, 4.69) is 12.6 Å². The highest BCUT2D eigenvalue weighted by Gasteiger charge is 2.43. The summed E-state index contributed by atoms with van der Waals surface area (Å²) in [7, 11) is 0. The van der Waals surface area contributed by atoms with Gasteiger partial charge in [-0.2, -0.15) is 12.6 Å². The van der Waals surface area contributed by atoms with Crippen LogP contribution in [0.15, 0.2) is 0 Å². The van der Waals surface area contributed by atoms with E-state index in [1.165, 1.54) is 0 Å². The van der Waals surface area contributed by atoms with Gasteiger partial charge in [0, 0.05) is 12.4 Å². The highest BCUT2D eigenvalue weighted by Crippen LogP contribution is 2.22. The molecule has 1 aliphatic rings. The topological polar surface area (TPSA) is 79.2 Å². The van der Waals surface area contributed by atoms with Crippen LogP contribution in [-0.4, -0.2) is 58.4 Å². The summed E-state index contributed by atoms with van der Waals surface area (Å²) in [6.07, 6.45) is -4.31. The molecule has 1 aliphatic heterocycles. The van der Waals surface area contributed by atoms with Gasteiger partial charge in [0.05, 0.1) is 6.10 Å². The lowest BCUT2D eigenvalue weighted by molar-refractivity contribution is -0.291. The summed E-state index contributed by atoms with van der Waals surface area (Å²) in [5, 5.41) is 28.6. The smallest absolute Gasteiger partial charge is 0.186 e. The fourth-order valence-corrected chi connectivity index (χ4v) is 1.74. The SMILES string of the molecule is CCCO[C@H]1OC(CS)[C@H](O)[C@H](O)C1O. The molecule has 2 unspecified atom stereocenters. The van der Waals surface area contributed by atoms with Crippen molar-refractivity contribution >= 4 is 12.6 Å². The predicted molar refractivity (Wildman–Crippen MR) is 56.8 cm³/mol. The van der Waals surface area contributed by atoms with Crippen LogP contribution in [0, 0.1) is 0 Å². The van der Waals surface area contributed by atoms with Crippen LogP contribution in [0.2, 0.25) is 0 Å². The normalized spacial score (nSPS) is 41.8. The van der Waals surface area contributed by atoms with Crippen molar-refractivity contribution in [2.75, 3.05) is 12.4 Å². The maximum absolute atomic E-state index is 9.56. The van der Waals surface area contributed by atoms with Crippen molar-refractivity contribution in [1.29, 1.82) is 0 Å². The number of hydrogen-bond acceptors (Lipinski definition) is 6. The molecule has 0 bridgehead atoms. The van der Waals surface area contributed by atoms with Gasteiger partial charge < -0.3 is 24.8 Å². The van der Waals surface area contributed by atoms with Gasteiger partial charge in [0.2, 0.25) is 0 Å². The lowest BCUT2D eigenvalue weighted by Gasteiger charge is -2.39. The Balaban J connectivity index is 2.57. The highest BCUT2D eigenvalue weighted by atomic mass is 32.1. The third-order valence-electron chi connectivity index (χ3n) is 2.33. The highest BCUT2D eigenvalue weighted by molar-refractivity contribution is 7.80. The summed E-state index contributed by atoms with van der Waals surface area (Å²) in [6.45, 7) is 2.36. The molecule has 1 rings (SSSR count). The van der Waals surface area contributed by atoms with Gasteiger partial charge in [-0.3, -0.25) is 0 Å². The molecule has 5 nitrogen and oxygen atoms in total. The average Bonchev–Trinajstić information content (AvgIpc) is 2.25. The van der Waals surface area contributed by atoms with Gasteiger partial charge in [0.15, 0.2) is 6.29 Å². The molecule has 6 heteroatoms. The Labute approximate surface area is 94.4 Å². The first kappa shape index (κ1) is 13.2. The quantitative estimate of drug-likeness (QED) is 0.480. The van der Waals surface area contributed by atoms with Crippen molar-refractivity contribution in [3.8, 4) is 0 Å². The molecule has 1 heterocycles. The van der Waals surface area contributed by atoms with Crippen LogP contribution in [-0.2, 0) is 9.47 Å². The van der Waals surface area contributed by atoms with Crippen molar-refractivity contribution in [2.24, 2.45) is 0 Å². The number of thiol groups is 1. The fraction of sp³-hybridized carbons (Fsp3) is 1.00. The van der Waals surface area contributed by atoms with E-state index in [9.17, 15) is 15.3 Å². The average molecular weight is 238 g/mol. The maximum Gasteiger partial charge on any atom is 0.186 e. The summed E-state index contributed by atoms with van der Waals surface area (Å²) < 4.78 is 10.5. The molecule has 0 spiro atoms. The van der Waals surface area contributed by atoms with Crippen LogP contribution in [0.25, 0.3) is 0 Å². The van der Waals surface area contributed by atoms with Crippen LogP contribution in [0.4, 0.5) is 0 Å². The predicted octanol–water partition coefficient (Wildman–Crippen LogP) is -0.850. The van der Waals surface area contributed by atoms with Crippen molar-refractivity contribution in [2.45, 2.75) is 44.1 Å². The molecular formula is C9H18O5S. The minimum Gasteiger partial charge on any atom is -0.388 e. The van der Waals surface area contributed by atoms with E-state index in [4.69, 9.17) is 9.47 Å². The van der Waals surface area contributed by atoms with Crippen LogP contribution in [0.5, 0.6) is 0 Å². The largest absolute Gasteiger partial charge is 0.388 e. The molecule has 0 saturated carbocycles. The Bertz CT molecular complexity index is 189. The zero-order valence-electron chi connectivity index (χ0n) is 8.61. The van der Waals surface area contributed by atoms with E-state index in [1.54, 1.807) is 0 Å². The zero-order valence-corrected chi connectivity index (χ0v) is 9.51. The van der Waals surface area contributed by atoms with Gasteiger partial charge >= 0.3 is 0 Å². The van der Waals surface area contributed by atoms with Gasteiger partial charge in [-0.15, -0.1) is 0 Å². The van der Waals surface area contributed by atoms with Crippen LogP contribution in [0.1, 0.15) is 13.3 Å². The van der Waals surface area contributed by atoms with Crippen molar-refractivity contribution in [1.82, 2.24) is 0 Å². The summed E-state index contributed by atoms with van der Waals surface area (Å²) in [5.74, 6) is 0.261. The Morgan fingerprint density at radius 3 is 2.40 bits per heavy atom. The Morgan fingerprint density at radius 1 is 1.20 bits per heavy atom. The van der Waals surface area contributed by atoms with E-state index in [1.807, 2.05) is 6.92 Å². The fourth-order valence-electron chi connectivity index (χ4n) is 1.44. The Hall–Kier alpha value is 0.150. The molecule has 0 aromatic carbocycles. The molecule has 15 heavy (non-hydrogen) atoms. The second kappa shape index (κ2) is 6.03. The van der Waals surface area contributed by atoms with Gasteiger partial charge in [-0.05, 0) is 6.42 Å². The molecule has 0 aromatic rings. The zero-order chi connectivity index (χ0) is 11.4. The molecule has 1 saturated heterocycles. The third kappa shape index (κ3) is 3.05. The summed E-state index contributed by atoms with van der Waals surface area (Å²) in [4.78, 5) is 0. The number of aliphatic hydroxyl groups is 3. The minimum absolute atomic E-state index is 0.261. The minimum atomic E-state index is -1.25. The standard InChI is InChI=1S/C9H18O5S/c1-2-3-13-9-8(12)7(11)6(10)5(4-15)14-9/h5-12,15H,2-4H2,1H3/t5?,6-,7-,8?,9-/m0/s1. The molecule has 90 valence electrons. The molecule has 5 atom stereocenters. The first-order valence-electron chi connectivity index (χ1n) is 5.04. The van der Waals surface area contributed by atoms with Crippen molar-refractivity contribution in [3.05, 3.63) is 0 Å². The third-order valence-corrected chi connectivity index (χ3v) is 2.69. The number of aliphatic hydroxyl groups excluding tert-OH is 3. The molecule has 3 N–H and O–H groups in total. The molecular weight excluding hydrogens is 220 g/mol. The second-order valence-corrected chi connectivity index (χ2v) is 3.93. The van der Waals surface area contributed by atoms with Gasteiger partial charge in [-0.1, -0.05) is 6.92 Å². The van der Waals surface area contributed by atoms with Gasteiger partial charge in [-0.25, -0.2) is 0 Å². The second-order valence-electron chi connectivity index (χ2n) is 3.57. The molecule has 0 amide bonds. The van der Waals surface area contributed by atoms with E-state index in [0.717, 1.165) is 6.42 Å². The molecule has 0 aromatic heterocycles. The van der Waals surface area contributed by atoms with Crippen molar-refractivity contribution in [3.63, 3.8) is 0 Å². The van der Waals surface area contributed by atoms with Crippen LogP contribution >= 0.6 is 12.6 Å². The van der Waals surface area contributed by atoms with Crippen LogP contribution in [0.3, 0.4) is 0 Å². The van der Waals surface area contributed by atoms with E-state index in [0.29, 0.717) is 6.61 Å². The van der Waals surface area contributed by atoms with Gasteiger partial charge in [0.25, 0.3) is 0 Å². The molecule has 0 aliphatic carbocycles. The van der Waals surface area contributed by atoms with Gasteiger partial charge in [0.1, 0.15) is 18.3 Å². The first-order valence-corrected chi connectivity index (χ1v) is 5.67.